The molecule has 11 heteroatoms. The van der Waals surface area contributed by atoms with E-state index in [0.29, 0.717) is 54.5 Å². The number of ketones is 1. The second-order valence-corrected chi connectivity index (χ2v) is 13.7. The second-order valence-electron chi connectivity index (χ2n) is 13.7. The van der Waals surface area contributed by atoms with Crippen molar-refractivity contribution in [3.05, 3.63) is 132 Å². The number of hydrogen-bond donors (Lipinski definition) is 3. The van der Waals surface area contributed by atoms with Crippen LogP contribution in [-0.4, -0.2) is 71.7 Å². The van der Waals surface area contributed by atoms with Crippen molar-refractivity contribution >= 4 is 28.6 Å². The Labute approximate surface area is 305 Å². The van der Waals surface area contributed by atoms with Gasteiger partial charge in [-0.3, -0.25) is 14.4 Å². The van der Waals surface area contributed by atoms with Gasteiger partial charge in [0, 0.05) is 30.6 Å². The summed E-state index contributed by atoms with van der Waals surface area (Å²) in [5, 5.41) is 21.5. The molecule has 0 spiro atoms. The van der Waals surface area contributed by atoms with Crippen molar-refractivity contribution in [2.75, 3.05) is 13.1 Å². The molecule has 2 aliphatic rings. The summed E-state index contributed by atoms with van der Waals surface area (Å²) >= 11 is 0. The summed E-state index contributed by atoms with van der Waals surface area (Å²) in [5.41, 5.74) is 5.01. The van der Waals surface area contributed by atoms with Crippen LogP contribution in [0.4, 0.5) is 0 Å². The SMILES string of the molecule is O=C(Cc1ccc(-c2ncc(-c3ccc4nc([C@@H]5CCCN5C(=O)[C@H](O)c5ccccc5)[nH]c4c3)o2)cc1)[C@@H]1CCCN1C(=O)[C@H](O)c1ccccc1. The quantitative estimate of drug-likeness (QED) is 0.154. The van der Waals surface area contributed by atoms with Gasteiger partial charge in [-0.2, -0.15) is 0 Å². The monoisotopic (exact) mass is 709 g/mol. The number of nitrogens with one attached hydrogen (secondary N) is 1. The molecule has 4 heterocycles. The number of aliphatic hydroxyl groups excluding tert-OH is 2. The van der Waals surface area contributed by atoms with Crippen LogP contribution in [0.3, 0.4) is 0 Å². The molecule has 2 aromatic heterocycles. The second kappa shape index (κ2) is 14.6. The Balaban J connectivity index is 0.924. The maximum absolute atomic E-state index is 13.4. The molecule has 6 aromatic rings. The van der Waals surface area contributed by atoms with E-state index in [9.17, 15) is 24.6 Å². The fraction of sp³-hybridized carbons (Fsp3) is 0.262. The van der Waals surface area contributed by atoms with E-state index in [4.69, 9.17) is 9.40 Å². The number of aromatic nitrogens is 3. The maximum atomic E-state index is 13.4. The highest BCUT2D eigenvalue weighted by atomic mass is 16.4. The van der Waals surface area contributed by atoms with E-state index >= 15 is 0 Å². The minimum absolute atomic E-state index is 0.0587. The zero-order chi connectivity index (χ0) is 36.5. The Morgan fingerprint density at radius 1 is 0.774 bits per heavy atom. The van der Waals surface area contributed by atoms with Gasteiger partial charge in [0.25, 0.3) is 11.8 Å². The van der Waals surface area contributed by atoms with Gasteiger partial charge in [-0.05, 0) is 72.7 Å². The lowest BCUT2D eigenvalue weighted by Gasteiger charge is -2.26. The lowest BCUT2D eigenvalue weighted by atomic mass is 10.00. The fourth-order valence-electron chi connectivity index (χ4n) is 7.52. The van der Waals surface area contributed by atoms with Gasteiger partial charge in [0.05, 0.1) is 29.3 Å². The van der Waals surface area contributed by atoms with Gasteiger partial charge in [-0.25, -0.2) is 9.97 Å². The van der Waals surface area contributed by atoms with Crippen LogP contribution in [0.15, 0.2) is 114 Å². The normalized spacial score (nSPS) is 18.4. The largest absolute Gasteiger partial charge is 0.436 e. The molecule has 0 unspecified atom stereocenters. The van der Waals surface area contributed by atoms with Crippen LogP contribution in [0.5, 0.6) is 0 Å². The maximum Gasteiger partial charge on any atom is 0.256 e. The van der Waals surface area contributed by atoms with E-state index in [1.54, 1.807) is 59.6 Å². The van der Waals surface area contributed by atoms with Crippen LogP contribution in [0.2, 0.25) is 0 Å². The highest BCUT2D eigenvalue weighted by molar-refractivity contribution is 5.92. The predicted octanol–water partition coefficient (Wildman–Crippen LogP) is 6.12. The number of rotatable bonds is 10. The molecule has 4 aromatic carbocycles. The molecule has 8 rings (SSSR count). The predicted molar refractivity (Wildman–Crippen MR) is 197 cm³/mol. The Morgan fingerprint density at radius 3 is 2.09 bits per heavy atom. The number of aromatic amines is 1. The number of benzene rings is 4. The minimum atomic E-state index is -1.30. The molecule has 3 N–H and O–H groups in total. The summed E-state index contributed by atoms with van der Waals surface area (Å²) in [6.45, 7) is 0.994. The van der Waals surface area contributed by atoms with Crippen LogP contribution >= 0.6 is 0 Å². The Bertz CT molecular complexity index is 2250. The first-order valence-electron chi connectivity index (χ1n) is 18.0. The Hall–Kier alpha value is -5.91. The first-order chi connectivity index (χ1) is 25.8. The number of carbonyl (C=O) groups is 3. The molecular weight excluding hydrogens is 670 g/mol. The first kappa shape index (κ1) is 34.2. The van der Waals surface area contributed by atoms with Crippen molar-refractivity contribution in [2.45, 2.75) is 56.4 Å². The molecule has 53 heavy (non-hydrogen) atoms. The van der Waals surface area contributed by atoms with Gasteiger partial charge in [0.2, 0.25) is 5.89 Å². The zero-order valence-corrected chi connectivity index (χ0v) is 29.0. The summed E-state index contributed by atoms with van der Waals surface area (Å²) in [7, 11) is 0. The fourth-order valence-corrected chi connectivity index (χ4v) is 7.52. The van der Waals surface area contributed by atoms with E-state index in [2.05, 4.69) is 9.97 Å². The molecule has 0 saturated carbocycles. The minimum Gasteiger partial charge on any atom is -0.436 e. The lowest BCUT2D eigenvalue weighted by Crippen LogP contribution is -2.43. The number of amides is 2. The van der Waals surface area contributed by atoms with Gasteiger partial charge in [0.15, 0.2) is 23.8 Å². The van der Waals surface area contributed by atoms with Crippen molar-refractivity contribution in [3.63, 3.8) is 0 Å². The molecule has 2 aliphatic heterocycles. The van der Waals surface area contributed by atoms with E-state index in [-0.39, 0.29) is 24.2 Å². The number of imidazole rings is 1. The van der Waals surface area contributed by atoms with Crippen LogP contribution in [0.25, 0.3) is 33.8 Å². The highest BCUT2D eigenvalue weighted by Gasteiger charge is 2.37. The Kier molecular flexibility index (Phi) is 9.42. The smallest absolute Gasteiger partial charge is 0.256 e. The van der Waals surface area contributed by atoms with Crippen molar-refractivity contribution in [2.24, 2.45) is 0 Å². The van der Waals surface area contributed by atoms with Crippen LogP contribution in [0, 0.1) is 0 Å². The van der Waals surface area contributed by atoms with Crippen LogP contribution < -0.4 is 0 Å². The number of carbonyl (C=O) groups excluding carboxylic acids is 3. The molecule has 0 radical (unpaired) electrons. The summed E-state index contributed by atoms with van der Waals surface area (Å²) in [4.78, 5) is 55.7. The van der Waals surface area contributed by atoms with Gasteiger partial charge < -0.3 is 29.4 Å². The highest BCUT2D eigenvalue weighted by Crippen LogP contribution is 2.35. The summed E-state index contributed by atoms with van der Waals surface area (Å²) in [6, 6.07) is 30.1. The van der Waals surface area contributed by atoms with Crippen LogP contribution in [0.1, 0.15) is 66.4 Å². The molecule has 268 valence electrons. The molecule has 2 fully saturated rings. The first-order valence-corrected chi connectivity index (χ1v) is 18.0. The number of oxazole rings is 1. The van der Waals surface area contributed by atoms with E-state index in [1.807, 2.05) is 54.6 Å². The van der Waals surface area contributed by atoms with Crippen LogP contribution in [-0.2, 0) is 20.8 Å². The molecular formula is C42H39N5O6. The third-order valence-electron chi connectivity index (χ3n) is 10.3. The van der Waals surface area contributed by atoms with E-state index < -0.39 is 24.2 Å². The van der Waals surface area contributed by atoms with Crippen molar-refractivity contribution in [1.82, 2.24) is 24.8 Å². The van der Waals surface area contributed by atoms with Gasteiger partial charge in [-0.15, -0.1) is 0 Å². The van der Waals surface area contributed by atoms with Gasteiger partial charge in [-0.1, -0.05) is 72.8 Å². The number of hydrogen-bond acceptors (Lipinski definition) is 8. The molecule has 2 amide bonds. The summed E-state index contributed by atoms with van der Waals surface area (Å²) in [5.74, 6) is 0.850. The molecule has 4 atom stereocenters. The zero-order valence-electron chi connectivity index (χ0n) is 29.0. The third-order valence-corrected chi connectivity index (χ3v) is 10.3. The van der Waals surface area contributed by atoms with Gasteiger partial charge in [0.1, 0.15) is 5.82 Å². The number of aliphatic hydroxyl groups is 2. The molecule has 11 nitrogen and oxygen atoms in total. The summed E-state index contributed by atoms with van der Waals surface area (Å²) in [6.07, 6.45) is 2.16. The molecule has 2 saturated heterocycles. The standard InChI is InChI=1S/C42H39N5O6/c48-35(33-13-7-21-46(33)41(51)37(49)27-9-3-1-4-10-27)23-26-15-17-29(18-16-26)40-43-25-36(53-40)30-19-20-31-32(24-30)45-39(44-31)34-14-8-22-47(34)42(52)38(50)28-11-5-2-6-12-28/h1-6,9-12,15-20,24-25,33-34,37-38,49-50H,7-8,13-14,21-23H2,(H,44,45)/t33-,34-,37+,38+/m0/s1. The Morgan fingerprint density at radius 2 is 1.40 bits per heavy atom. The van der Waals surface area contributed by atoms with Crippen molar-refractivity contribution < 1.29 is 29.0 Å². The lowest BCUT2D eigenvalue weighted by molar-refractivity contribution is -0.144. The summed E-state index contributed by atoms with van der Waals surface area (Å²) < 4.78 is 6.17. The number of likely N-dealkylation sites (tertiary alicyclic amines) is 2. The van der Waals surface area contributed by atoms with Crippen molar-refractivity contribution in [1.29, 1.82) is 0 Å². The average Bonchev–Trinajstić information content (AvgIpc) is 4.04. The number of nitrogens with zero attached hydrogens (tertiary/aromatic N) is 4. The molecule has 0 aliphatic carbocycles. The van der Waals surface area contributed by atoms with Gasteiger partial charge >= 0.3 is 0 Å². The number of fused-ring (bicyclic) bond motifs is 1. The number of H-pyrrole nitrogens is 1. The topological polar surface area (TPSA) is 153 Å². The van der Waals surface area contributed by atoms with Crippen molar-refractivity contribution in [3.8, 4) is 22.8 Å². The average molecular weight is 710 g/mol. The number of Topliss-reactive ketones (excluding diaryl/α,β-unsaturated/α-hetero) is 1. The van der Waals surface area contributed by atoms with E-state index in [1.165, 1.54) is 4.90 Å². The van der Waals surface area contributed by atoms with E-state index in [0.717, 1.165) is 40.6 Å². The molecule has 0 bridgehead atoms. The third kappa shape index (κ3) is 6.88.